The number of hydrogen-bond acceptors (Lipinski definition) is 4. The zero-order valence-electron chi connectivity index (χ0n) is 23.7. The maximum atomic E-state index is 14.3. The molecule has 47 heavy (non-hydrogen) atoms. The fraction of sp³-hybridized carbons (Fsp3) is 0.357. The molecule has 19 heteroatoms. The largest absolute Gasteiger partial charge is 0.433 e. The predicted octanol–water partition coefficient (Wildman–Crippen LogP) is 7.75. The van der Waals surface area contributed by atoms with Crippen LogP contribution in [0.4, 0.5) is 40.8 Å². The molecule has 4 aromatic rings. The molecule has 0 saturated heterocycles. The first-order valence-corrected chi connectivity index (χ1v) is 14.6. The molecule has 6 rings (SSSR count). The van der Waals surface area contributed by atoms with Gasteiger partial charge in [0.2, 0.25) is 0 Å². The van der Waals surface area contributed by atoms with Crippen LogP contribution in [0.15, 0.2) is 39.9 Å². The Hall–Kier alpha value is -4.12. The molecule has 2 aliphatic heterocycles. The van der Waals surface area contributed by atoms with Crippen molar-refractivity contribution in [2.45, 2.75) is 64.2 Å². The van der Waals surface area contributed by atoms with Gasteiger partial charge in [0.25, 0.3) is 16.8 Å². The number of nitrogens with zero attached hydrogens (tertiary/aromatic N) is 5. The molecule has 0 N–H and O–H groups in total. The molecule has 0 saturated carbocycles. The minimum Gasteiger partial charge on any atom is -0.277 e. The summed E-state index contributed by atoms with van der Waals surface area (Å²) in [6.45, 7) is 0.275. The van der Waals surface area contributed by atoms with Gasteiger partial charge in [0.1, 0.15) is 16.7 Å². The van der Waals surface area contributed by atoms with Crippen LogP contribution in [0.2, 0.25) is 10.0 Å². The summed E-state index contributed by atoms with van der Waals surface area (Å²) in [7, 11) is 0. The fourth-order valence-electron chi connectivity index (χ4n) is 5.76. The lowest BCUT2D eigenvalue weighted by Crippen LogP contribution is -2.28. The third-order valence-corrected chi connectivity index (χ3v) is 8.23. The maximum Gasteiger partial charge on any atom is 0.433 e. The van der Waals surface area contributed by atoms with Crippen molar-refractivity contribution in [2.24, 2.45) is 0 Å². The van der Waals surface area contributed by atoms with Crippen LogP contribution in [0.1, 0.15) is 37.1 Å². The molecule has 0 radical (unpaired) electrons. The number of nitro benzene ring substituents is 1. The number of fused-ring (bicyclic) bond motifs is 2. The van der Waals surface area contributed by atoms with E-state index in [0.717, 1.165) is 30.9 Å². The Kier molecular flexibility index (Phi) is 9.09. The van der Waals surface area contributed by atoms with Crippen LogP contribution >= 0.6 is 23.2 Å². The van der Waals surface area contributed by atoms with Crippen LogP contribution in [0.5, 0.6) is 0 Å². The number of halogens is 10. The SMILES string of the molecule is O=c1c(-c2cc([N+](=O)[O-])c(Cl)cc2F)c(C(F)(F)F)n2n1CCCC2.O=c1c(-c2ccc(Cl)cc2F)c(C(F)(F)F)n2n1CCCC2. The molecule has 4 heterocycles. The molecular formula is C28H21Cl2F8N5O4. The second-order valence-electron chi connectivity index (χ2n) is 10.6. The number of alkyl halides is 6. The Labute approximate surface area is 268 Å². The van der Waals surface area contributed by atoms with Crippen molar-refractivity contribution >= 4 is 28.9 Å². The van der Waals surface area contributed by atoms with Gasteiger partial charge in [0.15, 0.2) is 11.4 Å². The van der Waals surface area contributed by atoms with Gasteiger partial charge in [-0.1, -0.05) is 23.2 Å². The fourth-order valence-corrected chi connectivity index (χ4v) is 6.14. The number of benzene rings is 2. The predicted molar refractivity (Wildman–Crippen MR) is 153 cm³/mol. The van der Waals surface area contributed by atoms with Crippen molar-refractivity contribution in [3.63, 3.8) is 0 Å². The van der Waals surface area contributed by atoms with E-state index in [1.54, 1.807) is 0 Å². The van der Waals surface area contributed by atoms with Crippen molar-refractivity contribution < 1.29 is 40.0 Å². The van der Waals surface area contributed by atoms with E-state index >= 15 is 0 Å². The van der Waals surface area contributed by atoms with Crippen LogP contribution in [0.3, 0.4) is 0 Å². The summed E-state index contributed by atoms with van der Waals surface area (Å²) < 4.78 is 113. The van der Waals surface area contributed by atoms with E-state index in [2.05, 4.69) is 0 Å². The lowest BCUT2D eigenvalue weighted by Gasteiger charge is -2.20. The Morgan fingerprint density at radius 1 is 0.660 bits per heavy atom. The molecule has 0 atom stereocenters. The third kappa shape index (κ3) is 6.29. The topological polar surface area (TPSA) is 97.0 Å². The molecule has 0 amide bonds. The lowest BCUT2D eigenvalue weighted by molar-refractivity contribution is -0.384. The quantitative estimate of drug-likeness (QED) is 0.123. The number of aromatic nitrogens is 4. The van der Waals surface area contributed by atoms with Crippen molar-refractivity contribution in [3.05, 3.63) is 94.2 Å². The second kappa shape index (κ2) is 12.5. The smallest absolute Gasteiger partial charge is 0.277 e. The van der Waals surface area contributed by atoms with E-state index in [4.69, 9.17) is 23.2 Å². The van der Waals surface area contributed by atoms with Crippen LogP contribution in [-0.2, 0) is 38.5 Å². The number of nitro groups is 1. The first kappa shape index (κ1) is 34.2. The van der Waals surface area contributed by atoms with E-state index in [1.165, 1.54) is 6.07 Å². The van der Waals surface area contributed by atoms with Crippen LogP contribution in [0, 0.1) is 21.7 Å². The highest BCUT2D eigenvalue weighted by Crippen LogP contribution is 2.41. The van der Waals surface area contributed by atoms with Gasteiger partial charge in [-0.2, -0.15) is 26.3 Å². The lowest BCUT2D eigenvalue weighted by atomic mass is 10.0. The Morgan fingerprint density at radius 3 is 1.51 bits per heavy atom. The Bertz CT molecular complexity index is 2010. The second-order valence-corrected chi connectivity index (χ2v) is 11.5. The average molecular weight is 714 g/mol. The molecule has 2 aromatic carbocycles. The van der Waals surface area contributed by atoms with Gasteiger partial charge in [-0.3, -0.25) is 29.1 Å². The molecule has 252 valence electrons. The van der Waals surface area contributed by atoms with Gasteiger partial charge in [0.05, 0.1) is 16.1 Å². The van der Waals surface area contributed by atoms with E-state index in [1.807, 2.05) is 0 Å². The van der Waals surface area contributed by atoms with E-state index in [9.17, 15) is 54.8 Å². The number of rotatable bonds is 3. The van der Waals surface area contributed by atoms with Crippen LogP contribution in [-0.4, -0.2) is 23.7 Å². The number of hydrogen-bond donors (Lipinski definition) is 0. The van der Waals surface area contributed by atoms with E-state index in [0.29, 0.717) is 37.8 Å². The van der Waals surface area contributed by atoms with Gasteiger partial charge in [-0.15, -0.1) is 0 Å². The summed E-state index contributed by atoms with van der Waals surface area (Å²) in [6, 6.07) is 4.38. The first-order valence-electron chi connectivity index (χ1n) is 13.8. The monoisotopic (exact) mass is 713 g/mol. The zero-order valence-corrected chi connectivity index (χ0v) is 25.2. The summed E-state index contributed by atoms with van der Waals surface area (Å²) in [5.74, 6) is -2.18. The normalized spacial score (nSPS) is 14.7. The Balaban J connectivity index is 0.000000186. The summed E-state index contributed by atoms with van der Waals surface area (Å²) in [6.07, 6.45) is -7.59. The molecule has 0 spiro atoms. The third-order valence-electron chi connectivity index (χ3n) is 7.69. The Morgan fingerprint density at radius 2 is 1.09 bits per heavy atom. The summed E-state index contributed by atoms with van der Waals surface area (Å²) in [5.41, 5.74) is -7.81. The maximum absolute atomic E-state index is 14.3. The van der Waals surface area contributed by atoms with Crippen LogP contribution < -0.4 is 11.1 Å². The standard InChI is InChI=1S/C14H10ClF4N3O3.C14H11ClF4N2O/c15-8-6-9(16)7(5-10(8)22(24)25)11-12(14(17,18)19)20-3-1-2-4-21(20)13(11)23;15-8-3-4-9(10(16)7-8)11-12(14(17,18)19)20-5-1-2-6-21(20)13(11)22/h5-6H,1-4H2;3-4,7H,1-2,5-6H2. The highest BCUT2D eigenvalue weighted by atomic mass is 35.5. The van der Waals surface area contributed by atoms with Crippen LogP contribution in [0.25, 0.3) is 22.3 Å². The highest BCUT2D eigenvalue weighted by molar-refractivity contribution is 6.32. The zero-order chi connectivity index (χ0) is 34.6. The van der Waals surface area contributed by atoms with Crippen molar-refractivity contribution in [2.75, 3.05) is 0 Å². The molecule has 0 bridgehead atoms. The molecule has 0 unspecified atom stereocenters. The minimum atomic E-state index is -4.93. The summed E-state index contributed by atoms with van der Waals surface area (Å²) in [4.78, 5) is 34.8. The first-order chi connectivity index (χ1) is 21.9. The molecule has 9 nitrogen and oxygen atoms in total. The van der Waals surface area contributed by atoms with E-state index in [-0.39, 0.29) is 36.8 Å². The van der Waals surface area contributed by atoms with Gasteiger partial charge in [-0.05, 0) is 43.9 Å². The molecule has 2 aliphatic rings. The average Bonchev–Trinajstić information content (AvgIpc) is 3.45. The molecule has 2 aromatic heterocycles. The highest BCUT2D eigenvalue weighted by Gasteiger charge is 2.43. The molecule has 0 fully saturated rings. The van der Waals surface area contributed by atoms with Gasteiger partial charge in [0, 0.05) is 54.5 Å². The van der Waals surface area contributed by atoms with Gasteiger partial charge >= 0.3 is 12.4 Å². The van der Waals surface area contributed by atoms with Gasteiger partial charge in [-0.25, -0.2) is 18.1 Å². The van der Waals surface area contributed by atoms with E-state index < -0.39 is 78.8 Å². The minimum absolute atomic E-state index is 0.0542. The molecular weight excluding hydrogens is 693 g/mol. The summed E-state index contributed by atoms with van der Waals surface area (Å²) in [5, 5.41) is 10.5. The van der Waals surface area contributed by atoms with Gasteiger partial charge < -0.3 is 0 Å². The summed E-state index contributed by atoms with van der Waals surface area (Å²) >= 11 is 11.2. The van der Waals surface area contributed by atoms with Crippen molar-refractivity contribution in [1.29, 1.82) is 0 Å². The molecule has 0 aliphatic carbocycles. The van der Waals surface area contributed by atoms with Crippen molar-refractivity contribution in [1.82, 2.24) is 18.7 Å². The van der Waals surface area contributed by atoms with Crippen molar-refractivity contribution in [3.8, 4) is 22.3 Å².